The van der Waals surface area contributed by atoms with Gasteiger partial charge in [-0.2, -0.15) is 0 Å². The van der Waals surface area contributed by atoms with Gasteiger partial charge in [-0.25, -0.2) is 0 Å². The lowest BCUT2D eigenvalue weighted by Gasteiger charge is -2.01. The Balaban J connectivity index is 2.51. The number of rotatable bonds is 2. The highest BCUT2D eigenvalue weighted by Crippen LogP contribution is 2.35. The Morgan fingerprint density at radius 2 is 2.14 bits per heavy atom. The summed E-state index contributed by atoms with van der Waals surface area (Å²) >= 11 is 5.46. The van der Waals surface area contributed by atoms with Crippen molar-refractivity contribution in [3.8, 4) is 0 Å². The molecular formula is C11H12BrNS. The van der Waals surface area contributed by atoms with E-state index >= 15 is 0 Å². The molecule has 0 fully saturated rings. The quantitative estimate of drug-likeness (QED) is 0.887. The van der Waals surface area contributed by atoms with Gasteiger partial charge in [-0.3, -0.25) is 0 Å². The number of halogens is 1. The number of thiophene rings is 1. The van der Waals surface area contributed by atoms with E-state index in [1.807, 2.05) is 18.3 Å². The molecule has 0 aliphatic carbocycles. The summed E-state index contributed by atoms with van der Waals surface area (Å²) in [4.78, 5) is 1.35. The van der Waals surface area contributed by atoms with Crippen molar-refractivity contribution in [3.63, 3.8) is 0 Å². The summed E-state index contributed by atoms with van der Waals surface area (Å²) in [5.74, 6) is 0. The van der Waals surface area contributed by atoms with Crippen LogP contribution >= 0.6 is 27.3 Å². The standard InChI is InChI=1S/C11H12BrNS/c1-7(13)6-10-11(12)8-4-2-3-5-9(8)14-10/h2-5,7H,6,13H2,1H3. The third-order valence-corrected chi connectivity index (χ3v) is 4.47. The highest BCUT2D eigenvalue weighted by Gasteiger charge is 2.10. The van der Waals surface area contributed by atoms with Crippen LogP contribution < -0.4 is 5.73 Å². The van der Waals surface area contributed by atoms with Crippen molar-refractivity contribution in [2.45, 2.75) is 19.4 Å². The van der Waals surface area contributed by atoms with E-state index in [2.05, 4.69) is 40.2 Å². The molecule has 0 saturated heterocycles. The zero-order valence-corrected chi connectivity index (χ0v) is 10.4. The van der Waals surface area contributed by atoms with Gasteiger partial charge in [0.15, 0.2) is 0 Å². The maximum absolute atomic E-state index is 5.80. The second-order valence-corrected chi connectivity index (χ2v) is 5.45. The third-order valence-electron chi connectivity index (χ3n) is 2.11. The maximum atomic E-state index is 5.80. The molecule has 1 heterocycles. The molecule has 2 N–H and O–H groups in total. The van der Waals surface area contributed by atoms with Crippen molar-refractivity contribution >= 4 is 37.4 Å². The molecule has 14 heavy (non-hydrogen) atoms. The summed E-state index contributed by atoms with van der Waals surface area (Å²) in [6, 6.07) is 8.64. The number of fused-ring (bicyclic) bond motifs is 1. The first-order valence-corrected chi connectivity index (χ1v) is 6.21. The van der Waals surface area contributed by atoms with Crippen LogP contribution in [0.25, 0.3) is 10.1 Å². The van der Waals surface area contributed by atoms with Gasteiger partial charge in [-0.05, 0) is 35.3 Å². The average Bonchev–Trinajstić information content (AvgIpc) is 2.44. The molecule has 0 aliphatic rings. The minimum atomic E-state index is 0.222. The van der Waals surface area contributed by atoms with Crippen molar-refractivity contribution in [3.05, 3.63) is 33.6 Å². The van der Waals surface area contributed by atoms with Crippen molar-refractivity contribution in [1.29, 1.82) is 0 Å². The van der Waals surface area contributed by atoms with E-state index in [0.717, 1.165) is 6.42 Å². The number of hydrogen-bond acceptors (Lipinski definition) is 2. The number of nitrogens with two attached hydrogens (primary N) is 1. The van der Waals surface area contributed by atoms with Gasteiger partial charge in [0.05, 0.1) is 0 Å². The molecule has 74 valence electrons. The molecule has 1 unspecified atom stereocenters. The van der Waals surface area contributed by atoms with Crippen LogP contribution in [0, 0.1) is 0 Å². The molecule has 0 spiro atoms. The molecule has 0 saturated carbocycles. The number of hydrogen-bond donors (Lipinski definition) is 1. The van der Waals surface area contributed by atoms with Gasteiger partial charge in [-0.1, -0.05) is 18.2 Å². The van der Waals surface area contributed by atoms with Gasteiger partial charge in [0.2, 0.25) is 0 Å². The minimum Gasteiger partial charge on any atom is -0.328 e. The molecule has 3 heteroatoms. The third kappa shape index (κ3) is 1.85. The Labute approximate surface area is 96.1 Å². The smallest absolute Gasteiger partial charge is 0.0393 e. The van der Waals surface area contributed by atoms with Crippen LogP contribution in [0.2, 0.25) is 0 Å². The minimum absolute atomic E-state index is 0.222. The van der Waals surface area contributed by atoms with E-state index < -0.39 is 0 Å². The molecule has 0 amide bonds. The molecule has 1 aromatic carbocycles. The Morgan fingerprint density at radius 3 is 2.79 bits per heavy atom. The Bertz CT molecular complexity index is 447. The topological polar surface area (TPSA) is 26.0 Å². The van der Waals surface area contributed by atoms with Crippen LogP contribution in [0.1, 0.15) is 11.8 Å². The Morgan fingerprint density at radius 1 is 1.43 bits per heavy atom. The largest absolute Gasteiger partial charge is 0.328 e. The van der Waals surface area contributed by atoms with E-state index in [1.54, 1.807) is 0 Å². The second kappa shape index (κ2) is 4.01. The Hall–Kier alpha value is -0.380. The molecular weight excluding hydrogens is 258 g/mol. The molecule has 1 aromatic heterocycles. The van der Waals surface area contributed by atoms with Crippen molar-refractivity contribution in [1.82, 2.24) is 0 Å². The van der Waals surface area contributed by atoms with Gasteiger partial charge in [-0.15, -0.1) is 11.3 Å². The molecule has 2 rings (SSSR count). The van der Waals surface area contributed by atoms with Crippen LogP contribution in [0.15, 0.2) is 28.7 Å². The maximum Gasteiger partial charge on any atom is 0.0393 e. The fraction of sp³-hybridized carbons (Fsp3) is 0.273. The van der Waals surface area contributed by atoms with E-state index in [-0.39, 0.29) is 6.04 Å². The predicted octanol–water partition coefficient (Wildman–Crippen LogP) is 3.55. The highest BCUT2D eigenvalue weighted by atomic mass is 79.9. The van der Waals surface area contributed by atoms with Gasteiger partial charge >= 0.3 is 0 Å². The molecule has 0 bridgehead atoms. The van der Waals surface area contributed by atoms with Crippen LogP contribution in [0.4, 0.5) is 0 Å². The van der Waals surface area contributed by atoms with Crippen LogP contribution in [-0.4, -0.2) is 6.04 Å². The lowest BCUT2D eigenvalue weighted by atomic mass is 10.2. The molecule has 0 aliphatic heterocycles. The van der Waals surface area contributed by atoms with E-state index in [9.17, 15) is 0 Å². The monoisotopic (exact) mass is 269 g/mol. The van der Waals surface area contributed by atoms with E-state index in [0.29, 0.717) is 0 Å². The average molecular weight is 270 g/mol. The summed E-state index contributed by atoms with van der Waals surface area (Å²) < 4.78 is 2.55. The van der Waals surface area contributed by atoms with Gasteiger partial charge in [0, 0.05) is 25.5 Å². The van der Waals surface area contributed by atoms with Crippen molar-refractivity contribution in [2.75, 3.05) is 0 Å². The SMILES string of the molecule is CC(N)Cc1sc2ccccc2c1Br. The summed E-state index contributed by atoms with van der Waals surface area (Å²) in [5.41, 5.74) is 5.80. The zero-order valence-electron chi connectivity index (χ0n) is 7.96. The first-order chi connectivity index (χ1) is 6.68. The van der Waals surface area contributed by atoms with E-state index in [1.165, 1.54) is 19.4 Å². The first kappa shape index (κ1) is 10.1. The van der Waals surface area contributed by atoms with Crippen LogP contribution in [0.3, 0.4) is 0 Å². The highest BCUT2D eigenvalue weighted by molar-refractivity contribution is 9.10. The molecule has 2 aromatic rings. The molecule has 0 radical (unpaired) electrons. The van der Waals surface area contributed by atoms with Gasteiger partial charge in [0.25, 0.3) is 0 Å². The zero-order chi connectivity index (χ0) is 10.1. The van der Waals surface area contributed by atoms with Crippen LogP contribution in [-0.2, 0) is 6.42 Å². The van der Waals surface area contributed by atoms with E-state index in [4.69, 9.17) is 5.73 Å². The first-order valence-electron chi connectivity index (χ1n) is 4.60. The summed E-state index contributed by atoms with van der Waals surface area (Å²) in [7, 11) is 0. The van der Waals surface area contributed by atoms with Gasteiger partial charge in [0.1, 0.15) is 0 Å². The lowest BCUT2D eigenvalue weighted by Crippen LogP contribution is -2.17. The molecule has 1 atom stereocenters. The number of benzene rings is 1. The second-order valence-electron chi connectivity index (χ2n) is 3.52. The summed E-state index contributed by atoms with van der Waals surface area (Å²) in [5, 5.41) is 1.30. The van der Waals surface area contributed by atoms with Gasteiger partial charge < -0.3 is 5.73 Å². The lowest BCUT2D eigenvalue weighted by molar-refractivity contribution is 0.745. The normalized spacial score (nSPS) is 13.4. The fourth-order valence-electron chi connectivity index (χ4n) is 1.49. The van der Waals surface area contributed by atoms with Crippen molar-refractivity contribution in [2.24, 2.45) is 5.73 Å². The fourth-order valence-corrected chi connectivity index (χ4v) is 3.61. The Kier molecular flexibility index (Phi) is 2.91. The molecule has 1 nitrogen and oxygen atoms in total. The van der Waals surface area contributed by atoms with Crippen molar-refractivity contribution < 1.29 is 0 Å². The summed E-state index contributed by atoms with van der Waals surface area (Å²) in [6.07, 6.45) is 0.944. The predicted molar refractivity (Wildman–Crippen MR) is 66.9 cm³/mol. The van der Waals surface area contributed by atoms with Crippen LogP contribution in [0.5, 0.6) is 0 Å². The summed E-state index contributed by atoms with van der Waals surface area (Å²) in [6.45, 7) is 2.04.